The molecule has 1 heterocycles. The van der Waals surface area contributed by atoms with Crippen LogP contribution in [-0.2, 0) is 24.0 Å². The van der Waals surface area contributed by atoms with Crippen molar-refractivity contribution in [2.45, 2.75) is 50.4 Å². The number of amides is 3. The average molecular weight is 404 g/mol. The third-order valence-corrected chi connectivity index (χ3v) is 4.30. The van der Waals surface area contributed by atoms with Gasteiger partial charge in [0.2, 0.25) is 17.7 Å². The van der Waals surface area contributed by atoms with Crippen molar-refractivity contribution in [2.75, 3.05) is 12.3 Å². The van der Waals surface area contributed by atoms with Crippen LogP contribution in [0.15, 0.2) is 0 Å². The second-order valence-corrected chi connectivity index (χ2v) is 6.49. The lowest BCUT2D eigenvalue weighted by Gasteiger charge is -2.23. The van der Waals surface area contributed by atoms with Gasteiger partial charge in [0, 0.05) is 5.75 Å². The molecule has 0 aromatic carbocycles. The standard InChI is InChI=1S/C15H24N4O7S/c1-7(15(25)26)17-14(24)10(6-27)19-13(23)9(5-11(20)21)18-12(22)8-3-2-4-16-8/h7-10,16,27H,2-6H2,1H3,(H,17,24)(H,18,22)(H,19,23)(H,20,21)(H,25,26). The quantitative estimate of drug-likeness (QED) is 0.199. The highest BCUT2D eigenvalue weighted by Gasteiger charge is 2.31. The number of carboxylic acid groups (broad SMARTS) is 2. The van der Waals surface area contributed by atoms with Crippen LogP contribution in [0.4, 0.5) is 0 Å². The van der Waals surface area contributed by atoms with E-state index in [0.29, 0.717) is 13.0 Å². The van der Waals surface area contributed by atoms with Crippen molar-refractivity contribution < 1.29 is 34.2 Å². The third kappa shape index (κ3) is 7.43. The van der Waals surface area contributed by atoms with Crippen molar-refractivity contribution in [3.05, 3.63) is 0 Å². The minimum Gasteiger partial charge on any atom is -0.481 e. The van der Waals surface area contributed by atoms with Crippen LogP contribution >= 0.6 is 12.6 Å². The molecular formula is C15H24N4O7S. The van der Waals surface area contributed by atoms with Crippen LogP contribution in [0.2, 0.25) is 0 Å². The molecule has 1 fully saturated rings. The Kier molecular flexibility index (Phi) is 9.02. The van der Waals surface area contributed by atoms with Gasteiger partial charge in [-0.2, -0.15) is 12.6 Å². The molecule has 1 rings (SSSR count). The Balaban J connectivity index is 2.74. The summed E-state index contributed by atoms with van der Waals surface area (Å²) < 4.78 is 0. The normalized spacial score (nSPS) is 19.4. The summed E-state index contributed by atoms with van der Waals surface area (Å²) in [5, 5.41) is 27.6. The van der Waals surface area contributed by atoms with Crippen molar-refractivity contribution in [3.63, 3.8) is 0 Å². The minimum absolute atomic E-state index is 0.151. The number of hydrogen-bond donors (Lipinski definition) is 7. The number of carbonyl (C=O) groups excluding carboxylic acids is 3. The van der Waals surface area contributed by atoms with Crippen LogP contribution in [0, 0.1) is 0 Å². The van der Waals surface area contributed by atoms with Crippen LogP contribution in [-0.4, -0.2) is 76.3 Å². The largest absolute Gasteiger partial charge is 0.481 e. The van der Waals surface area contributed by atoms with Gasteiger partial charge in [0.1, 0.15) is 18.1 Å². The van der Waals surface area contributed by atoms with Crippen molar-refractivity contribution in [2.24, 2.45) is 0 Å². The molecule has 12 heteroatoms. The lowest BCUT2D eigenvalue weighted by Crippen LogP contribution is -2.57. The van der Waals surface area contributed by atoms with E-state index in [0.717, 1.165) is 6.42 Å². The number of rotatable bonds is 10. The van der Waals surface area contributed by atoms with Gasteiger partial charge < -0.3 is 31.5 Å². The molecule has 0 aromatic heterocycles. The first kappa shape index (κ1) is 22.7. The van der Waals surface area contributed by atoms with E-state index < -0.39 is 60.2 Å². The monoisotopic (exact) mass is 404 g/mol. The van der Waals surface area contributed by atoms with E-state index in [9.17, 15) is 24.0 Å². The second kappa shape index (κ2) is 10.7. The summed E-state index contributed by atoms with van der Waals surface area (Å²) in [4.78, 5) is 58.4. The summed E-state index contributed by atoms with van der Waals surface area (Å²) in [6, 6.07) is -4.26. The van der Waals surface area contributed by atoms with Crippen LogP contribution in [0.1, 0.15) is 26.2 Å². The topological polar surface area (TPSA) is 174 Å². The molecule has 1 aliphatic rings. The molecule has 0 aromatic rings. The predicted molar refractivity (Wildman–Crippen MR) is 96.2 cm³/mol. The van der Waals surface area contributed by atoms with Crippen LogP contribution in [0.3, 0.4) is 0 Å². The van der Waals surface area contributed by atoms with Gasteiger partial charge in [-0.1, -0.05) is 0 Å². The number of aliphatic carboxylic acids is 2. The van der Waals surface area contributed by atoms with Crippen LogP contribution in [0.25, 0.3) is 0 Å². The second-order valence-electron chi connectivity index (χ2n) is 6.12. The van der Waals surface area contributed by atoms with Crippen molar-refractivity contribution >= 4 is 42.3 Å². The molecule has 0 saturated carbocycles. The molecular weight excluding hydrogens is 380 g/mol. The molecule has 6 N–H and O–H groups in total. The van der Waals surface area contributed by atoms with E-state index in [1.54, 1.807) is 0 Å². The lowest BCUT2D eigenvalue weighted by atomic mass is 10.1. The van der Waals surface area contributed by atoms with E-state index in [2.05, 4.69) is 33.9 Å². The highest BCUT2D eigenvalue weighted by molar-refractivity contribution is 7.80. The first-order valence-electron chi connectivity index (χ1n) is 8.35. The van der Waals surface area contributed by atoms with Crippen molar-refractivity contribution in [1.82, 2.24) is 21.3 Å². The summed E-state index contributed by atoms with van der Waals surface area (Å²) in [7, 11) is 0. The Morgan fingerprint density at radius 3 is 2.19 bits per heavy atom. The molecule has 27 heavy (non-hydrogen) atoms. The van der Waals surface area contributed by atoms with Gasteiger partial charge in [0.05, 0.1) is 12.5 Å². The van der Waals surface area contributed by atoms with Gasteiger partial charge in [-0.25, -0.2) is 0 Å². The van der Waals surface area contributed by atoms with Gasteiger partial charge >= 0.3 is 11.9 Å². The van der Waals surface area contributed by atoms with E-state index in [-0.39, 0.29) is 5.75 Å². The fourth-order valence-electron chi connectivity index (χ4n) is 2.41. The van der Waals surface area contributed by atoms with E-state index in [1.165, 1.54) is 6.92 Å². The van der Waals surface area contributed by atoms with E-state index >= 15 is 0 Å². The van der Waals surface area contributed by atoms with Crippen molar-refractivity contribution in [3.8, 4) is 0 Å². The molecule has 3 amide bonds. The maximum absolute atomic E-state index is 12.4. The highest BCUT2D eigenvalue weighted by atomic mass is 32.1. The molecule has 11 nitrogen and oxygen atoms in total. The lowest BCUT2D eigenvalue weighted by molar-refractivity contribution is -0.142. The molecule has 1 aliphatic heterocycles. The summed E-state index contributed by atoms with van der Waals surface area (Å²) in [6.45, 7) is 1.90. The number of thiol groups is 1. The van der Waals surface area contributed by atoms with Crippen molar-refractivity contribution in [1.29, 1.82) is 0 Å². The fraction of sp³-hybridized carbons (Fsp3) is 0.667. The molecule has 4 atom stereocenters. The third-order valence-electron chi connectivity index (χ3n) is 3.93. The average Bonchev–Trinajstić information content (AvgIpc) is 3.12. The predicted octanol–water partition coefficient (Wildman–Crippen LogP) is -2.30. The molecule has 4 unspecified atom stereocenters. The summed E-state index contributed by atoms with van der Waals surface area (Å²) in [6.07, 6.45) is 0.691. The van der Waals surface area contributed by atoms with Crippen LogP contribution in [0.5, 0.6) is 0 Å². The van der Waals surface area contributed by atoms with E-state index in [4.69, 9.17) is 10.2 Å². The zero-order chi connectivity index (χ0) is 20.6. The molecule has 0 bridgehead atoms. The zero-order valence-corrected chi connectivity index (χ0v) is 15.6. The smallest absolute Gasteiger partial charge is 0.325 e. The maximum atomic E-state index is 12.4. The SMILES string of the molecule is CC(NC(=O)C(CS)NC(=O)C(CC(=O)O)NC(=O)C1CCCN1)C(=O)O. The number of nitrogens with one attached hydrogen (secondary N) is 4. The molecule has 0 radical (unpaired) electrons. The Labute approximate surface area is 161 Å². The zero-order valence-electron chi connectivity index (χ0n) is 14.7. The summed E-state index contributed by atoms with van der Waals surface area (Å²) in [5.74, 6) is -4.87. The first-order valence-corrected chi connectivity index (χ1v) is 8.99. The Morgan fingerprint density at radius 1 is 1.07 bits per heavy atom. The Hall–Kier alpha value is -2.34. The minimum atomic E-state index is -1.38. The number of carboxylic acids is 2. The fourth-order valence-corrected chi connectivity index (χ4v) is 2.66. The number of carbonyl (C=O) groups is 5. The maximum Gasteiger partial charge on any atom is 0.325 e. The van der Waals surface area contributed by atoms with Gasteiger partial charge in [-0.05, 0) is 26.3 Å². The molecule has 0 spiro atoms. The number of hydrogen-bond acceptors (Lipinski definition) is 7. The Morgan fingerprint density at radius 2 is 1.70 bits per heavy atom. The van der Waals surface area contributed by atoms with E-state index in [1.807, 2.05) is 0 Å². The van der Waals surface area contributed by atoms with Gasteiger partial charge in [0.15, 0.2) is 0 Å². The van der Waals surface area contributed by atoms with Gasteiger partial charge in [-0.3, -0.25) is 24.0 Å². The van der Waals surface area contributed by atoms with Crippen LogP contribution < -0.4 is 21.3 Å². The summed E-state index contributed by atoms with van der Waals surface area (Å²) >= 11 is 3.95. The van der Waals surface area contributed by atoms with Gasteiger partial charge in [-0.15, -0.1) is 0 Å². The molecule has 152 valence electrons. The molecule has 0 aliphatic carbocycles. The molecule has 1 saturated heterocycles. The highest BCUT2D eigenvalue weighted by Crippen LogP contribution is 2.06. The first-order chi connectivity index (χ1) is 12.6. The Bertz CT molecular complexity index is 595. The summed E-state index contributed by atoms with van der Waals surface area (Å²) in [5.41, 5.74) is 0. The van der Waals surface area contributed by atoms with Gasteiger partial charge in [0.25, 0.3) is 0 Å².